The van der Waals surface area contributed by atoms with Crippen molar-refractivity contribution < 1.29 is 9.53 Å². The second-order valence-corrected chi connectivity index (χ2v) is 3.06. The Morgan fingerprint density at radius 1 is 1.69 bits per heavy atom. The molecular formula is C8H17ClN2O2. The van der Waals surface area contributed by atoms with Crippen molar-refractivity contribution in [2.75, 3.05) is 6.61 Å². The molecule has 1 fully saturated rings. The van der Waals surface area contributed by atoms with E-state index in [0.717, 1.165) is 0 Å². The molecular weight excluding hydrogens is 192 g/mol. The van der Waals surface area contributed by atoms with Crippen molar-refractivity contribution in [2.45, 2.75) is 38.4 Å². The molecule has 0 aromatic rings. The molecule has 0 spiro atoms. The number of nitrogens with two attached hydrogens (primary N) is 1. The molecule has 1 aliphatic carbocycles. The van der Waals surface area contributed by atoms with Crippen LogP contribution in [0.2, 0.25) is 0 Å². The molecule has 1 saturated carbocycles. The van der Waals surface area contributed by atoms with Crippen LogP contribution in [0, 0.1) is 0 Å². The smallest absolute Gasteiger partial charge is 0.308 e. The second kappa shape index (κ2) is 6.18. The van der Waals surface area contributed by atoms with E-state index in [-0.39, 0.29) is 31.0 Å². The fourth-order valence-corrected chi connectivity index (χ4v) is 1.01. The molecule has 1 unspecified atom stereocenters. The third-order valence-corrected chi connectivity index (χ3v) is 1.72. The lowest BCUT2D eigenvalue weighted by molar-refractivity contribution is -0.143. The molecule has 5 heteroatoms. The number of hydrogen-bond donors (Lipinski definition) is 2. The first-order chi connectivity index (χ1) is 5.72. The summed E-state index contributed by atoms with van der Waals surface area (Å²) in [5.74, 6) is -0.224. The summed E-state index contributed by atoms with van der Waals surface area (Å²) >= 11 is 0. The van der Waals surface area contributed by atoms with Gasteiger partial charge in [0.2, 0.25) is 0 Å². The van der Waals surface area contributed by atoms with Gasteiger partial charge in [0.15, 0.2) is 0 Å². The van der Waals surface area contributed by atoms with Gasteiger partial charge in [-0.25, -0.2) is 0 Å². The van der Waals surface area contributed by atoms with E-state index in [4.69, 9.17) is 10.5 Å². The Labute approximate surface area is 84.6 Å². The molecule has 0 amide bonds. The van der Waals surface area contributed by atoms with Crippen molar-refractivity contribution in [3.63, 3.8) is 0 Å². The summed E-state index contributed by atoms with van der Waals surface area (Å²) in [6, 6.07) is 0.537. The van der Waals surface area contributed by atoms with Gasteiger partial charge < -0.3 is 10.5 Å². The summed E-state index contributed by atoms with van der Waals surface area (Å²) in [5.41, 5.74) is 5.63. The molecule has 4 nitrogen and oxygen atoms in total. The van der Waals surface area contributed by atoms with Gasteiger partial charge in [-0.1, -0.05) is 0 Å². The summed E-state index contributed by atoms with van der Waals surface area (Å²) in [7, 11) is 0. The van der Waals surface area contributed by atoms with Crippen molar-refractivity contribution in [1.82, 2.24) is 5.32 Å². The van der Waals surface area contributed by atoms with E-state index in [2.05, 4.69) is 5.32 Å². The topological polar surface area (TPSA) is 64.3 Å². The van der Waals surface area contributed by atoms with Crippen molar-refractivity contribution in [3.05, 3.63) is 0 Å². The van der Waals surface area contributed by atoms with E-state index in [9.17, 15) is 4.79 Å². The quantitative estimate of drug-likeness (QED) is 0.507. The average molecular weight is 209 g/mol. The van der Waals surface area contributed by atoms with Crippen LogP contribution < -0.4 is 11.1 Å². The highest BCUT2D eigenvalue weighted by atomic mass is 35.5. The Hall–Kier alpha value is -0.320. The van der Waals surface area contributed by atoms with E-state index in [1.807, 2.05) is 0 Å². The number of ether oxygens (including phenoxy) is 1. The summed E-state index contributed by atoms with van der Waals surface area (Å²) < 4.78 is 4.76. The van der Waals surface area contributed by atoms with Gasteiger partial charge in [0.1, 0.15) is 0 Å². The Balaban J connectivity index is 0.00000144. The maximum absolute atomic E-state index is 10.9. The van der Waals surface area contributed by atoms with Crippen molar-refractivity contribution in [1.29, 1.82) is 0 Å². The number of rotatable bonds is 5. The molecule has 13 heavy (non-hydrogen) atoms. The Bertz CT molecular complexity index is 162. The number of carbonyl (C=O) groups excluding carboxylic acids is 1. The lowest BCUT2D eigenvalue weighted by Gasteiger charge is -2.11. The van der Waals surface area contributed by atoms with E-state index in [0.29, 0.717) is 12.6 Å². The van der Waals surface area contributed by atoms with Gasteiger partial charge in [0, 0.05) is 6.04 Å². The third-order valence-electron chi connectivity index (χ3n) is 1.72. The summed E-state index contributed by atoms with van der Waals surface area (Å²) in [6.45, 7) is 2.22. The molecule has 1 rings (SSSR count). The van der Waals surface area contributed by atoms with Crippen LogP contribution in [0.25, 0.3) is 0 Å². The fourth-order valence-electron chi connectivity index (χ4n) is 1.01. The predicted molar refractivity (Wildman–Crippen MR) is 52.6 cm³/mol. The largest absolute Gasteiger partial charge is 0.466 e. The van der Waals surface area contributed by atoms with Crippen LogP contribution in [-0.4, -0.2) is 24.8 Å². The van der Waals surface area contributed by atoms with Gasteiger partial charge >= 0.3 is 5.97 Å². The van der Waals surface area contributed by atoms with Gasteiger partial charge in [-0.3, -0.25) is 10.1 Å². The SMILES string of the molecule is CCOC(=O)CC(N)NC1CC1.Cl. The highest BCUT2D eigenvalue weighted by Gasteiger charge is 2.23. The number of nitrogens with one attached hydrogen (secondary N) is 1. The van der Waals surface area contributed by atoms with Crippen molar-refractivity contribution >= 4 is 18.4 Å². The van der Waals surface area contributed by atoms with Gasteiger partial charge in [-0.05, 0) is 19.8 Å². The monoisotopic (exact) mass is 208 g/mol. The van der Waals surface area contributed by atoms with Crippen LogP contribution in [0.3, 0.4) is 0 Å². The maximum atomic E-state index is 10.9. The first-order valence-electron chi connectivity index (χ1n) is 4.39. The summed E-state index contributed by atoms with van der Waals surface area (Å²) in [5, 5.41) is 3.12. The number of carbonyl (C=O) groups is 1. The molecule has 0 saturated heterocycles. The van der Waals surface area contributed by atoms with Crippen LogP contribution in [0.4, 0.5) is 0 Å². The highest BCUT2D eigenvalue weighted by Crippen LogP contribution is 2.19. The minimum atomic E-state index is -0.239. The van der Waals surface area contributed by atoms with Gasteiger partial charge in [-0.15, -0.1) is 12.4 Å². The normalized spacial score (nSPS) is 17.4. The van der Waals surface area contributed by atoms with Gasteiger partial charge in [0.05, 0.1) is 19.2 Å². The predicted octanol–water partition coefficient (Wildman–Crippen LogP) is 0.398. The molecule has 0 aliphatic heterocycles. The molecule has 0 bridgehead atoms. The Morgan fingerprint density at radius 3 is 2.77 bits per heavy atom. The first-order valence-corrected chi connectivity index (χ1v) is 4.39. The van der Waals surface area contributed by atoms with Gasteiger partial charge in [0.25, 0.3) is 0 Å². The van der Waals surface area contributed by atoms with Crippen LogP contribution in [-0.2, 0) is 9.53 Å². The Morgan fingerprint density at radius 2 is 2.31 bits per heavy atom. The van der Waals surface area contributed by atoms with E-state index >= 15 is 0 Å². The zero-order valence-electron chi connectivity index (χ0n) is 7.79. The highest BCUT2D eigenvalue weighted by molar-refractivity contribution is 5.85. The molecule has 0 aromatic carbocycles. The minimum absolute atomic E-state index is 0. The summed E-state index contributed by atoms with van der Waals surface area (Å²) in [6.07, 6.45) is 2.38. The van der Waals surface area contributed by atoms with Crippen LogP contribution >= 0.6 is 12.4 Å². The Kier molecular flexibility index (Phi) is 6.03. The van der Waals surface area contributed by atoms with E-state index < -0.39 is 0 Å². The molecule has 78 valence electrons. The van der Waals surface area contributed by atoms with Gasteiger partial charge in [-0.2, -0.15) is 0 Å². The standard InChI is InChI=1S/C8H16N2O2.ClH/c1-2-12-8(11)5-7(9)10-6-3-4-6;/h6-7,10H,2-5,9H2,1H3;1H. The zero-order chi connectivity index (χ0) is 8.97. The lowest BCUT2D eigenvalue weighted by atomic mass is 10.3. The molecule has 1 aliphatic rings. The second-order valence-electron chi connectivity index (χ2n) is 3.06. The fraction of sp³-hybridized carbons (Fsp3) is 0.875. The lowest BCUT2D eigenvalue weighted by Crippen LogP contribution is -2.40. The van der Waals surface area contributed by atoms with Crippen LogP contribution in [0.1, 0.15) is 26.2 Å². The third kappa shape index (κ3) is 5.85. The van der Waals surface area contributed by atoms with Crippen LogP contribution in [0.15, 0.2) is 0 Å². The van der Waals surface area contributed by atoms with Crippen LogP contribution in [0.5, 0.6) is 0 Å². The first kappa shape index (κ1) is 12.7. The van der Waals surface area contributed by atoms with E-state index in [1.54, 1.807) is 6.92 Å². The zero-order valence-corrected chi connectivity index (χ0v) is 8.60. The summed E-state index contributed by atoms with van der Waals surface area (Å²) in [4.78, 5) is 10.9. The van der Waals surface area contributed by atoms with Crippen molar-refractivity contribution in [3.8, 4) is 0 Å². The number of halogens is 1. The van der Waals surface area contributed by atoms with E-state index in [1.165, 1.54) is 12.8 Å². The number of esters is 1. The molecule has 1 atom stereocenters. The molecule has 0 aromatic heterocycles. The molecule has 0 radical (unpaired) electrons. The maximum Gasteiger partial charge on any atom is 0.308 e. The number of hydrogen-bond acceptors (Lipinski definition) is 4. The molecule has 0 heterocycles. The molecule has 3 N–H and O–H groups in total. The van der Waals surface area contributed by atoms with Crippen molar-refractivity contribution in [2.24, 2.45) is 5.73 Å². The minimum Gasteiger partial charge on any atom is -0.466 e. The average Bonchev–Trinajstić information content (AvgIpc) is 2.71.